The molecule has 0 saturated carbocycles. The van der Waals surface area contributed by atoms with Crippen LogP contribution in [-0.4, -0.2) is 17.9 Å². The number of nitrogens with one attached hydrogen (secondary N) is 1. The van der Waals surface area contributed by atoms with Crippen molar-refractivity contribution >= 4 is 47.1 Å². The zero-order valence-corrected chi connectivity index (χ0v) is 15.8. The van der Waals surface area contributed by atoms with Gasteiger partial charge in [-0.2, -0.15) is 5.10 Å². The van der Waals surface area contributed by atoms with Crippen molar-refractivity contribution in [3.05, 3.63) is 76.5 Å². The van der Waals surface area contributed by atoms with E-state index in [1.165, 1.54) is 18.0 Å². The van der Waals surface area contributed by atoms with Crippen LogP contribution in [0.4, 0.5) is 0 Å². The van der Waals surface area contributed by atoms with Gasteiger partial charge >= 0.3 is 0 Å². The van der Waals surface area contributed by atoms with Crippen LogP contribution in [0.5, 0.6) is 0 Å². The number of rotatable bonds is 6. The molecule has 1 amide bonds. The zero-order chi connectivity index (χ0) is 18.4. The van der Waals surface area contributed by atoms with Crippen LogP contribution in [0.25, 0.3) is 11.3 Å². The summed E-state index contributed by atoms with van der Waals surface area (Å²) < 4.78 is 5.67. The molecule has 0 aliphatic rings. The van der Waals surface area contributed by atoms with Crippen LogP contribution in [0.2, 0.25) is 10.0 Å². The molecular weight excluding hydrogens is 391 g/mol. The second-order valence-electron chi connectivity index (χ2n) is 5.22. The maximum atomic E-state index is 11.8. The van der Waals surface area contributed by atoms with Gasteiger partial charge in [0.05, 0.1) is 17.0 Å². The molecular formula is C19H14Cl2N2O2S. The summed E-state index contributed by atoms with van der Waals surface area (Å²) in [4.78, 5) is 12.8. The first-order chi connectivity index (χ1) is 12.6. The number of furan rings is 1. The van der Waals surface area contributed by atoms with Crippen molar-refractivity contribution in [3.8, 4) is 11.3 Å². The number of carbonyl (C=O) groups excluding carboxylic acids is 1. The number of amides is 1. The van der Waals surface area contributed by atoms with Gasteiger partial charge in [0.2, 0.25) is 5.91 Å². The largest absolute Gasteiger partial charge is 0.455 e. The van der Waals surface area contributed by atoms with E-state index in [0.717, 1.165) is 10.5 Å². The third-order valence-electron chi connectivity index (χ3n) is 3.32. The van der Waals surface area contributed by atoms with E-state index in [1.54, 1.807) is 30.3 Å². The molecule has 132 valence electrons. The molecule has 1 heterocycles. The van der Waals surface area contributed by atoms with Gasteiger partial charge in [0.1, 0.15) is 11.5 Å². The third-order valence-corrected chi connectivity index (χ3v) is 4.88. The Bertz CT molecular complexity index is 926. The summed E-state index contributed by atoms with van der Waals surface area (Å²) in [6.07, 6.45) is 1.44. The quantitative estimate of drug-likeness (QED) is 0.335. The average Bonchev–Trinajstić information content (AvgIpc) is 3.09. The summed E-state index contributed by atoms with van der Waals surface area (Å²) in [6.45, 7) is 0. The fourth-order valence-electron chi connectivity index (χ4n) is 2.12. The van der Waals surface area contributed by atoms with Crippen LogP contribution in [0.15, 0.2) is 75.1 Å². The van der Waals surface area contributed by atoms with Gasteiger partial charge in [-0.1, -0.05) is 41.4 Å². The molecule has 0 bridgehead atoms. The number of thioether (sulfide) groups is 1. The first kappa shape index (κ1) is 18.6. The van der Waals surface area contributed by atoms with Gasteiger partial charge in [0.25, 0.3) is 0 Å². The Morgan fingerprint density at radius 2 is 1.92 bits per heavy atom. The van der Waals surface area contributed by atoms with Crippen molar-refractivity contribution in [3.63, 3.8) is 0 Å². The van der Waals surface area contributed by atoms with Crippen LogP contribution in [-0.2, 0) is 4.79 Å². The number of carbonyl (C=O) groups is 1. The van der Waals surface area contributed by atoms with Crippen molar-refractivity contribution in [2.24, 2.45) is 5.10 Å². The smallest absolute Gasteiger partial charge is 0.250 e. The molecule has 2 aromatic carbocycles. The summed E-state index contributed by atoms with van der Waals surface area (Å²) in [5.74, 6) is 1.19. The maximum Gasteiger partial charge on any atom is 0.250 e. The fourth-order valence-corrected chi connectivity index (χ4v) is 3.34. The Morgan fingerprint density at radius 1 is 1.12 bits per heavy atom. The van der Waals surface area contributed by atoms with Gasteiger partial charge < -0.3 is 4.42 Å². The fraction of sp³-hybridized carbons (Fsp3) is 0.0526. The highest BCUT2D eigenvalue weighted by Crippen LogP contribution is 2.31. The number of hydrogen-bond donors (Lipinski definition) is 1. The van der Waals surface area contributed by atoms with Crippen molar-refractivity contribution in [1.29, 1.82) is 0 Å². The molecule has 0 saturated heterocycles. The molecule has 0 unspecified atom stereocenters. The summed E-state index contributed by atoms with van der Waals surface area (Å²) in [6, 6.07) is 18.4. The third kappa shape index (κ3) is 5.14. The van der Waals surface area contributed by atoms with Crippen LogP contribution < -0.4 is 5.43 Å². The Hall–Kier alpha value is -2.21. The van der Waals surface area contributed by atoms with Crippen molar-refractivity contribution < 1.29 is 9.21 Å². The Labute approximate surface area is 165 Å². The molecule has 0 aliphatic carbocycles. The molecule has 0 radical (unpaired) electrons. The number of nitrogens with zero attached hydrogens (tertiary/aromatic N) is 1. The van der Waals surface area contributed by atoms with Gasteiger partial charge in [-0.15, -0.1) is 11.8 Å². The molecule has 0 fully saturated rings. The van der Waals surface area contributed by atoms with Crippen molar-refractivity contribution in [2.75, 3.05) is 5.75 Å². The highest BCUT2D eigenvalue weighted by molar-refractivity contribution is 8.00. The van der Waals surface area contributed by atoms with E-state index >= 15 is 0 Å². The lowest BCUT2D eigenvalue weighted by Crippen LogP contribution is -2.19. The first-order valence-electron chi connectivity index (χ1n) is 7.67. The number of hydrazone groups is 1. The molecule has 26 heavy (non-hydrogen) atoms. The van der Waals surface area contributed by atoms with E-state index in [2.05, 4.69) is 10.5 Å². The normalized spacial score (nSPS) is 11.0. The SMILES string of the molecule is O=C(CSc1ccccc1)N/N=C\c1ccc(-c2ccc(Cl)cc2Cl)o1. The number of benzene rings is 2. The Kier molecular flexibility index (Phi) is 6.39. The molecule has 1 aromatic heterocycles. The van der Waals surface area contributed by atoms with Crippen LogP contribution in [0.3, 0.4) is 0 Å². The average molecular weight is 405 g/mol. The second kappa shape index (κ2) is 8.94. The number of hydrogen-bond acceptors (Lipinski definition) is 4. The van der Waals surface area contributed by atoms with Gasteiger partial charge in [0, 0.05) is 15.5 Å². The van der Waals surface area contributed by atoms with E-state index < -0.39 is 0 Å². The topological polar surface area (TPSA) is 54.6 Å². The Balaban J connectivity index is 1.54. The molecule has 0 aliphatic heterocycles. The molecule has 4 nitrogen and oxygen atoms in total. The van der Waals surface area contributed by atoms with Gasteiger partial charge in [-0.3, -0.25) is 4.79 Å². The van der Waals surface area contributed by atoms with E-state index in [4.69, 9.17) is 27.6 Å². The summed E-state index contributed by atoms with van der Waals surface area (Å²) in [5.41, 5.74) is 3.21. The van der Waals surface area contributed by atoms with Crippen LogP contribution in [0, 0.1) is 0 Å². The van der Waals surface area contributed by atoms with Gasteiger partial charge in [-0.05, 0) is 42.5 Å². The highest BCUT2D eigenvalue weighted by Gasteiger charge is 2.08. The molecule has 1 N–H and O–H groups in total. The zero-order valence-electron chi connectivity index (χ0n) is 13.5. The predicted octanol–water partition coefficient (Wildman–Crippen LogP) is 5.50. The molecule has 0 spiro atoms. The minimum Gasteiger partial charge on any atom is -0.455 e. The highest BCUT2D eigenvalue weighted by atomic mass is 35.5. The van der Waals surface area contributed by atoms with Crippen molar-refractivity contribution in [1.82, 2.24) is 5.43 Å². The van der Waals surface area contributed by atoms with E-state index in [9.17, 15) is 4.79 Å². The second-order valence-corrected chi connectivity index (χ2v) is 7.11. The molecule has 7 heteroatoms. The Morgan fingerprint density at radius 3 is 2.69 bits per heavy atom. The van der Waals surface area contributed by atoms with Gasteiger partial charge in [-0.25, -0.2) is 5.43 Å². The molecule has 3 aromatic rings. The molecule has 3 rings (SSSR count). The van der Waals surface area contributed by atoms with Crippen molar-refractivity contribution in [2.45, 2.75) is 4.90 Å². The van der Waals surface area contributed by atoms with Gasteiger partial charge in [0.15, 0.2) is 0 Å². The van der Waals surface area contributed by atoms with E-state index in [0.29, 0.717) is 21.6 Å². The summed E-state index contributed by atoms with van der Waals surface area (Å²) >= 11 is 13.5. The van der Waals surface area contributed by atoms with Crippen LogP contribution >= 0.6 is 35.0 Å². The summed E-state index contributed by atoms with van der Waals surface area (Å²) in [5, 5.41) is 4.97. The van der Waals surface area contributed by atoms with Crippen LogP contribution in [0.1, 0.15) is 5.76 Å². The standard InChI is InChI=1S/C19H14Cl2N2O2S/c20-13-6-8-16(17(21)10-13)18-9-7-14(25-18)11-22-23-19(24)12-26-15-4-2-1-3-5-15/h1-11H,12H2,(H,23,24)/b22-11-. The minimum absolute atomic E-state index is 0.192. The first-order valence-corrected chi connectivity index (χ1v) is 9.41. The lowest BCUT2D eigenvalue weighted by Gasteiger charge is -2.01. The lowest BCUT2D eigenvalue weighted by molar-refractivity contribution is -0.118. The van der Waals surface area contributed by atoms with E-state index in [-0.39, 0.29) is 11.7 Å². The molecule has 0 atom stereocenters. The van der Waals surface area contributed by atoms with E-state index in [1.807, 2.05) is 30.3 Å². The number of halogens is 2. The predicted molar refractivity (Wildman–Crippen MR) is 107 cm³/mol. The minimum atomic E-state index is -0.192. The summed E-state index contributed by atoms with van der Waals surface area (Å²) in [7, 11) is 0. The monoisotopic (exact) mass is 404 g/mol. The lowest BCUT2D eigenvalue weighted by atomic mass is 10.2. The maximum absolute atomic E-state index is 11.8.